The van der Waals surface area contributed by atoms with Gasteiger partial charge in [0.25, 0.3) is 0 Å². The van der Waals surface area contributed by atoms with Crippen LogP contribution in [0.25, 0.3) is 0 Å². The Morgan fingerprint density at radius 2 is 2.29 bits per heavy atom. The molecule has 1 aliphatic heterocycles. The fourth-order valence-corrected chi connectivity index (χ4v) is 1.55. The van der Waals surface area contributed by atoms with E-state index in [1.54, 1.807) is 5.06 Å². The second-order valence-electron chi connectivity index (χ2n) is 3.74. The lowest BCUT2D eigenvalue weighted by atomic mass is 10.0. The van der Waals surface area contributed by atoms with E-state index in [1.807, 2.05) is 0 Å². The molecule has 0 aromatic heterocycles. The van der Waals surface area contributed by atoms with E-state index < -0.39 is 11.9 Å². The third-order valence-electron chi connectivity index (χ3n) is 2.17. The Morgan fingerprint density at radius 3 is 2.86 bits per heavy atom. The molecule has 1 rings (SSSR count). The van der Waals surface area contributed by atoms with Gasteiger partial charge < -0.3 is 10.6 Å². The molecule has 0 aromatic rings. The van der Waals surface area contributed by atoms with Gasteiger partial charge >= 0.3 is 5.97 Å². The molecule has 5 heteroatoms. The van der Waals surface area contributed by atoms with E-state index in [4.69, 9.17) is 10.6 Å². The summed E-state index contributed by atoms with van der Waals surface area (Å²) in [5.41, 5.74) is 4.87. The minimum atomic E-state index is -0.653. The SMILES string of the molecule is CC1CCCN(OC(=O)CC(N)=O)C1. The first-order chi connectivity index (χ1) is 6.58. The van der Waals surface area contributed by atoms with Crippen molar-refractivity contribution in [3.05, 3.63) is 0 Å². The largest absolute Gasteiger partial charge is 0.369 e. The van der Waals surface area contributed by atoms with Crippen LogP contribution in [-0.4, -0.2) is 30.0 Å². The highest BCUT2D eigenvalue weighted by Gasteiger charge is 2.20. The van der Waals surface area contributed by atoms with Crippen molar-refractivity contribution in [2.24, 2.45) is 11.7 Å². The predicted octanol–water partition coefficient (Wildman–Crippen LogP) is 0.0519. The maximum absolute atomic E-state index is 11.1. The third kappa shape index (κ3) is 3.74. The van der Waals surface area contributed by atoms with Crippen LogP contribution in [0.4, 0.5) is 0 Å². The van der Waals surface area contributed by atoms with Crippen LogP contribution in [0.3, 0.4) is 0 Å². The third-order valence-corrected chi connectivity index (χ3v) is 2.17. The second kappa shape index (κ2) is 4.95. The molecule has 1 fully saturated rings. The lowest BCUT2D eigenvalue weighted by Crippen LogP contribution is -2.37. The first kappa shape index (κ1) is 11.0. The van der Waals surface area contributed by atoms with Gasteiger partial charge in [-0.15, -0.1) is 5.06 Å². The van der Waals surface area contributed by atoms with Crippen molar-refractivity contribution in [3.63, 3.8) is 0 Å². The number of piperidine rings is 1. The molecule has 1 saturated heterocycles. The van der Waals surface area contributed by atoms with Crippen molar-refractivity contribution >= 4 is 11.9 Å². The molecule has 0 aromatic carbocycles. The van der Waals surface area contributed by atoms with Crippen molar-refractivity contribution in [2.45, 2.75) is 26.2 Å². The van der Waals surface area contributed by atoms with Gasteiger partial charge in [0, 0.05) is 13.1 Å². The van der Waals surface area contributed by atoms with Crippen LogP contribution in [0, 0.1) is 5.92 Å². The molecule has 1 atom stereocenters. The van der Waals surface area contributed by atoms with Gasteiger partial charge in [-0.1, -0.05) is 6.92 Å². The van der Waals surface area contributed by atoms with Crippen molar-refractivity contribution in [2.75, 3.05) is 13.1 Å². The van der Waals surface area contributed by atoms with Crippen molar-refractivity contribution in [1.82, 2.24) is 5.06 Å². The molecule has 0 aliphatic carbocycles. The molecule has 1 unspecified atom stereocenters. The number of hydrogen-bond acceptors (Lipinski definition) is 4. The minimum absolute atomic E-state index is 0.342. The molecular formula is C9H16N2O3. The Bertz CT molecular complexity index is 230. The maximum Gasteiger partial charge on any atom is 0.334 e. The van der Waals surface area contributed by atoms with E-state index in [0.29, 0.717) is 5.92 Å². The van der Waals surface area contributed by atoms with Crippen LogP contribution in [0.15, 0.2) is 0 Å². The van der Waals surface area contributed by atoms with E-state index in [-0.39, 0.29) is 6.42 Å². The first-order valence-corrected chi connectivity index (χ1v) is 4.82. The zero-order chi connectivity index (χ0) is 10.6. The molecule has 1 aliphatic rings. The van der Waals surface area contributed by atoms with Crippen LogP contribution in [0.2, 0.25) is 0 Å². The number of nitrogens with two attached hydrogens (primary N) is 1. The van der Waals surface area contributed by atoms with Gasteiger partial charge in [-0.3, -0.25) is 4.79 Å². The number of hydrogen-bond donors (Lipinski definition) is 1. The van der Waals surface area contributed by atoms with Gasteiger partial charge in [-0.2, -0.15) is 0 Å². The molecule has 0 saturated carbocycles. The molecular weight excluding hydrogens is 184 g/mol. The van der Waals surface area contributed by atoms with Crippen LogP contribution >= 0.6 is 0 Å². The molecule has 1 amide bonds. The smallest absolute Gasteiger partial charge is 0.334 e. The molecule has 14 heavy (non-hydrogen) atoms. The van der Waals surface area contributed by atoms with E-state index in [2.05, 4.69) is 6.92 Å². The monoisotopic (exact) mass is 200 g/mol. The summed E-state index contributed by atoms with van der Waals surface area (Å²) in [4.78, 5) is 26.4. The lowest BCUT2D eigenvalue weighted by molar-refractivity contribution is -0.197. The summed E-state index contributed by atoms with van der Waals surface area (Å²) in [6, 6.07) is 0. The standard InChI is InChI=1S/C9H16N2O3/c1-7-3-2-4-11(6-7)14-9(13)5-8(10)12/h7H,2-6H2,1H3,(H2,10,12). The Balaban J connectivity index is 2.28. The Labute approximate surface area is 83.1 Å². The molecule has 1 heterocycles. The normalized spacial score (nSPS) is 23.1. The number of nitrogens with zero attached hydrogens (tertiary/aromatic N) is 1. The van der Waals surface area contributed by atoms with Crippen molar-refractivity contribution < 1.29 is 14.4 Å². The van der Waals surface area contributed by atoms with Crippen LogP contribution in [-0.2, 0) is 14.4 Å². The van der Waals surface area contributed by atoms with Gasteiger partial charge in [0.2, 0.25) is 5.91 Å². The fraction of sp³-hybridized carbons (Fsp3) is 0.778. The van der Waals surface area contributed by atoms with Crippen LogP contribution in [0.5, 0.6) is 0 Å². The summed E-state index contributed by atoms with van der Waals surface area (Å²) >= 11 is 0. The summed E-state index contributed by atoms with van der Waals surface area (Å²) in [5, 5.41) is 1.61. The molecule has 2 N–H and O–H groups in total. The summed E-state index contributed by atoms with van der Waals surface area (Å²) in [7, 11) is 0. The van der Waals surface area contributed by atoms with Crippen LogP contribution < -0.4 is 5.73 Å². The molecule has 80 valence electrons. The number of primary amides is 1. The number of amides is 1. The minimum Gasteiger partial charge on any atom is -0.369 e. The van der Waals surface area contributed by atoms with E-state index in [0.717, 1.165) is 25.9 Å². The van der Waals surface area contributed by atoms with E-state index in [9.17, 15) is 9.59 Å². The summed E-state index contributed by atoms with van der Waals surface area (Å²) in [6.07, 6.45) is 1.83. The van der Waals surface area contributed by atoms with Crippen molar-refractivity contribution in [1.29, 1.82) is 0 Å². The summed E-state index contributed by atoms with van der Waals surface area (Å²) < 4.78 is 0. The van der Waals surface area contributed by atoms with Crippen LogP contribution in [0.1, 0.15) is 26.2 Å². The number of rotatable bonds is 3. The lowest BCUT2D eigenvalue weighted by Gasteiger charge is -2.28. The topological polar surface area (TPSA) is 72.6 Å². The average molecular weight is 200 g/mol. The molecule has 0 bridgehead atoms. The van der Waals surface area contributed by atoms with Gasteiger partial charge in [0.15, 0.2) is 0 Å². The highest BCUT2D eigenvalue weighted by atomic mass is 16.7. The first-order valence-electron chi connectivity index (χ1n) is 4.82. The van der Waals surface area contributed by atoms with Crippen molar-refractivity contribution in [3.8, 4) is 0 Å². The number of hydroxylamine groups is 2. The van der Waals surface area contributed by atoms with E-state index >= 15 is 0 Å². The quantitative estimate of drug-likeness (QED) is 0.653. The summed E-state index contributed by atoms with van der Waals surface area (Å²) in [5.74, 6) is -0.684. The number of carbonyl (C=O) groups is 2. The molecule has 0 spiro atoms. The highest BCUT2D eigenvalue weighted by molar-refractivity contribution is 5.93. The van der Waals surface area contributed by atoms with E-state index in [1.165, 1.54) is 0 Å². The Morgan fingerprint density at radius 1 is 1.57 bits per heavy atom. The molecule has 5 nitrogen and oxygen atoms in total. The van der Waals surface area contributed by atoms with Gasteiger partial charge in [-0.25, -0.2) is 4.79 Å². The highest BCUT2D eigenvalue weighted by Crippen LogP contribution is 2.15. The molecule has 0 radical (unpaired) electrons. The maximum atomic E-state index is 11.1. The zero-order valence-corrected chi connectivity index (χ0v) is 8.36. The zero-order valence-electron chi connectivity index (χ0n) is 8.36. The van der Waals surface area contributed by atoms with Gasteiger partial charge in [0.1, 0.15) is 6.42 Å². The number of carbonyl (C=O) groups excluding carboxylic acids is 2. The second-order valence-corrected chi connectivity index (χ2v) is 3.74. The average Bonchev–Trinajstić information content (AvgIpc) is 2.01. The Kier molecular flexibility index (Phi) is 3.88. The fourth-order valence-electron chi connectivity index (χ4n) is 1.55. The summed E-state index contributed by atoms with van der Waals surface area (Å²) in [6.45, 7) is 3.59. The van der Waals surface area contributed by atoms with Gasteiger partial charge in [0.05, 0.1) is 0 Å². The Hall–Kier alpha value is -1.10. The van der Waals surface area contributed by atoms with Gasteiger partial charge in [-0.05, 0) is 18.8 Å². The predicted molar refractivity (Wildman–Crippen MR) is 49.9 cm³/mol.